The SMILES string of the molecule is Cc1cc(Cl)n2ncnc(N3CC(CCNS(C)(=O)=O)C3)c12. The molecule has 1 aliphatic rings. The molecule has 0 radical (unpaired) electrons. The Bertz CT molecular complexity index is 798. The van der Waals surface area contributed by atoms with Crippen molar-refractivity contribution < 1.29 is 8.42 Å². The van der Waals surface area contributed by atoms with Crippen LogP contribution in [0.15, 0.2) is 12.4 Å². The van der Waals surface area contributed by atoms with Gasteiger partial charge in [0.1, 0.15) is 17.0 Å². The highest BCUT2D eigenvalue weighted by molar-refractivity contribution is 7.88. The molecule has 0 bridgehead atoms. The van der Waals surface area contributed by atoms with E-state index in [1.165, 1.54) is 12.6 Å². The van der Waals surface area contributed by atoms with Crippen molar-refractivity contribution in [2.24, 2.45) is 5.92 Å². The maximum absolute atomic E-state index is 11.0. The van der Waals surface area contributed by atoms with Crippen LogP contribution in [0.25, 0.3) is 5.52 Å². The van der Waals surface area contributed by atoms with E-state index >= 15 is 0 Å². The molecule has 3 rings (SSSR count). The number of aromatic nitrogens is 3. The van der Waals surface area contributed by atoms with Crippen molar-refractivity contribution >= 4 is 33.0 Å². The highest BCUT2D eigenvalue weighted by Crippen LogP contribution is 2.31. The molecule has 0 saturated carbocycles. The molecule has 22 heavy (non-hydrogen) atoms. The van der Waals surface area contributed by atoms with Crippen molar-refractivity contribution in [3.8, 4) is 0 Å². The van der Waals surface area contributed by atoms with Crippen molar-refractivity contribution in [3.05, 3.63) is 23.1 Å². The molecule has 0 unspecified atom stereocenters. The maximum atomic E-state index is 11.0. The van der Waals surface area contributed by atoms with Crippen LogP contribution in [0.1, 0.15) is 12.0 Å². The van der Waals surface area contributed by atoms with E-state index in [-0.39, 0.29) is 0 Å². The van der Waals surface area contributed by atoms with E-state index in [1.54, 1.807) is 4.52 Å². The van der Waals surface area contributed by atoms with Crippen LogP contribution in [-0.4, -0.2) is 48.9 Å². The van der Waals surface area contributed by atoms with Gasteiger partial charge >= 0.3 is 0 Å². The summed E-state index contributed by atoms with van der Waals surface area (Å²) in [6.45, 7) is 4.19. The zero-order valence-corrected chi connectivity index (χ0v) is 14.0. The van der Waals surface area contributed by atoms with E-state index in [0.717, 1.165) is 36.4 Å². The summed E-state index contributed by atoms with van der Waals surface area (Å²) in [5.41, 5.74) is 1.98. The molecule has 120 valence electrons. The fourth-order valence-electron chi connectivity index (χ4n) is 2.76. The van der Waals surface area contributed by atoms with Gasteiger partial charge in [-0.05, 0) is 30.9 Å². The fraction of sp³-hybridized carbons (Fsp3) is 0.538. The number of sulfonamides is 1. The minimum atomic E-state index is -3.10. The molecule has 7 nitrogen and oxygen atoms in total. The van der Waals surface area contributed by atoms with Gasteiger partial charge < -0.3 is 4.90 Å². The molecule has 2 aromatic heterocycles. The molecule has 3 heterocycles. The summed E-state index contributed by atoms with van der Waals surface area (Å²) in [5.74, 6) is 1.35. The van der Waals surface area contributed by atoms with Crippen LogP contribution >= 0.6 is 11.6 Å². The summed E-state index contributed by atoms with van der Waals surface area (Å²) in [7, 11) is -3.10. The van der Waals surface area contributed by atoms with Crippen LogP contribution in [0.2, 0.25) is 5.15 Å². The topological polar surface area (TPSA) is 79.6 Å². The molecular formula is C13H18ClN5O2S. The van der Waals surface area contributed by atoms with Gasteiger partial charge in [0.15, 0.2) is 5.82 Å². The Kier molecular flexibility index (Phi) is 4.00. The average molecular weight is 344 g/mol. The standard InChI is InChI=1S/C13H18ClN5O2S/c1-9-5-11(14)19-12(9)13(15-8-16-19)18-6-10(7-18)3-4-17-22(2,20)21/h5,8,10,17H,3-4,6-7H2,1-2H3. The molecule has 0 atom stereocenters. The molecule has 0 aromatic carbocycles. The predicted molar refractivity (Wildman–Crippen MR) is 85.9 cm³/mol. The van der Waals surface area contributed by atoms with E-state index in [1.807, 2.05) is 13.0 Å². The van der Waals surface area contributed by atoms with Gasteiger partial charge in [0.05, 0.1) is 6.26 Å². The van der Waals surface area contributed by atoms with Gasteiger partial charge in [0.25, 0.3) is 0 Å². The second-order valence-electron chi connectivity index (χ2n) is 5.72. The lowest BCUT2D eigenvalue weighted by Gasteiger charge is -2.40. The number of hydrogen-bond acceptors (Lipinski definition) is 5. The van der Waals surface area contributed by atoms with Gasteiger partial charge in [0, 0.05) is 19.6 Å². The number of halogens is 1. The summed E-state index contributed by atoms with van der Waals surface area (Å²) in [6.07, 6.45) is 3.51. The Morgan fingerprint density at radius 3 is 2.86 bits per heavy atom. The van der Waals surface area contributed by atoms with Gasteiger partial charge in [-0.1, -0.05) is 11.6 Å². The van der Waals surface area contributed by atoms with Crippen molar-refractivity contribution in [2.45, 2.75) is 13.3 Å². The number of rotatable bonds is 5. The zero-order chi connectivity index (χ0) is 15.9. The highest BCUT2D eigenvalue weighted by Gasteiger charge is 2.29. The minimum Gasteiger partial charge on any atom is -0.354 e. The Balaban J connectivity index is 1.66. The van der Waals surface area contributed by atoms with Crippen LogP contribution in [0.3, 0.4) is 0 Å². The molecule has 0 aliphatic carbocycles. The number of nitrogens with zero attached hydrogens (tertiary/aromatic N) is 4. The van der Waals surface area contributed by atoms with Crippen LogP contribution in [0.4, 0.5) is 5.82 Å². The Labute approximate surface area is 134 Å². The second-order valence-corrected chi connectivity index (χ2v) is 7.94. The molecule has 9 heteroatoms. The summed E-state index contributed by atoms with van der Waals surface area (Å²) in [5, 5.41) is 4.74. The molecule has 2 aromatic rings. The van der Waals surface area contributed by atoms with Crippen molar-refractivity contribution in [2.75, 3.05) is 30.8 Å². The lowest BCUT2D eigenvalue weighted by atomic mass is 9.96. The second kappa shape index (κ2) is 5.68. The van der Waals surface area contributed by atoms with Crippen LogP contribution in [0, 0.1) is 12.8 Å². The number of nitrogens with one attached hydrogen (secondary N) is 1. The quantitative estimate of drug-likeness (QED) is 0.878. The first-order valence-corrected chi connectivity index (χ1v) is 9.30. The third kappa shape index (κ3) is 3.04. The smallest absolute Gasteiger partial charge is 0.208 e. The third-order valence-corrected chi connectivity index (χ3v) is 4.85. The van der Waals surface area contributed by atoms with Gasteiger partial charge in [0.2, 0.25) is 10.0 Å². The largest absolute Gasteiger partial charge is 0.354 e. The Morgan fingerprint density at radius 2 is 2.18 bits per heavy atom. The van der Waals surface area contributed by atoms with E-state index in [9.17, 15) is 8.42 Å². The van der Waals surface area contributed by atoms with Crippen LogP contribution in [0.5, 0.6) is 0 Å². The first-order valence-electron chi connectivity index (χ1n) is 7.03. The average Bonchev–Trinajstić information content (AvgIpc) is 2.67. The molecule has 0 spiro atoms. The highest BCUT2D eigenvalue weighted by atomic mass is 35.5. The first-order chi connectivity index (χ1) is 10.3. The molecule has 1 N–H and O–H groups in total. The molecule has 1 fully saturated rings. The number of fused-ring (bicyclic) bond motifs is 1. The Morgan fingerprint density at radius 1 is 1.45 bits per heavy atom. The molecule has 1 aliphatic heterocycles. The monoisotopic (exact) mass is 343 g/mol. The van der Waals surface area contributed by atoms with E-state index in [0.29, 0.717) is 17.6 Å². The van der Waals surface area contributed by atoms with Crippen molar-refractivity contribution in [3.63, 3.8) is 0 Å². The summed E-state index contributed by atoms with van der Waals surface area (Å²) < 4.78 is 26.3. The molecular weight excluding hydrogens is 326 g/mol. The van der Waals surface area contributed by atoms with E-state index in [4.69, 9.17) is 11.6 Å². The van der Waals surface area contributed by atoms with Gasteiger partial charge in [-0.3, -0.25) is 0 Å². The number of hydrogen-bond donors (Lipinski definition) is 1. The lowest BCUT2D eigenvalue weighted by molar-refractivity contribution is 0.382. The first kappa shape index (κ1) is 15.5. The number of anilines is 1. The minimum absolute atomic E-state index is 0.468. The van der Waals surface area contributed by atoms with Gasteiger partial charge in [-0.15, -0.1) is 0 Å². The van der Waals surface area contributed by atoms with Crippen molar-refractivity contribution in [1.29, 1.82) is 0 Å². The predicted octanol–water partition coefficient (Wildman–Crippen LogP) is 1.07. The summed E-state index contributed by atoms with van der Waals surface area (Å²) in [6, 6.07) is 1.88. The van der Waals surface area contributed by atoms with Crippen molar-refractivity contribution in [1.82, 2.24) is 19.3 Å². The molecule has 0 amide bonds. The Hall–Kier alpha value is -1.38. The number of aryl methyl sites for hydroxylation is 1. The zero-order valence-electron chi connectivity index (χ0n) is 12.5. The van der Waals surface area contributed by atoms with E-state index < -0.39 is 10.0 Å². The van der Waals surface area contributed by atoms with Crippen LogP contribution in [-0.2, 0) is 10.0 Å². The summed E-state index contributed by atoms with van der Waals surface area (Å²) >= 11 is 6.14. The maximum Gasteiger partial charge on any atom is 0.208 e. The summed E-state index contributed by atoms with van der Waals surface area (Å²) in [4.78, 5) is 6.55. The van der Waals surface area contributed by atoms with Gasteiger partial charge in [-0.25, -0.2) is 22.6 Å². The normalized spacial score (nSPS) is 16.2. The third-order valence-electron chi connectivity index (χ3n) is 3.86. The fourth-order valence-corrected chi connectivity index (χ4v) is 3.54. The lowest BCUT2D eigenvalue weighted by Crippen LogP contribution is -2.48. The van der Waals surface area contributed by atoms with E-state index in [2.05, 4.69) is 19.7 Å². The van der Waals surface area contributed by atoms with Crippen LogP contribution < -0.4 is 9.62 Å². The molecule has 1 saturated heterocycles. The van der Waals surface area contributed by atoms with Gasteiger partial charge in [-0.2, -0.15) is 5.10 Å².